The summed E-state index contributed by atoms with van der Waals surface area (Å²) in [5.74, 6) is -3.70. The number of carbonyl (C=O) groups excluding carboxylic acids is 3. The molecule has 0 bridgehead atoms. The number of aliphatic carboxylic acids is 1. The molecular formula is C14H19N7O9S2. The molecule has 1 fully saturated rings. The number of hydrogen-bond donors (Lipinski definition) is 6. The van der Waals surface area contributed by atoms with E-state index in [4.69, 9.17) is 21.4 Å². The van der Waals surface area contributed by atoms with Crippen molar-refractivity contribution in [3.63, 3.8) is 0 Å². The highest BCUT2D eigenvalue weighted by Crippen LogP contribution is 2.24. The van der Waals surface area contributed by atoms with Gasteiger partial charge in [0.2, 0.25) is 5.60 Å². The molecule has 2 heterocycles. The molecule has 2 atom stereocenters. The number of carbonyl (C=O) groups is 4. The number of aromatic nitrogens is 1. The second kappa shape index (κ2) is 8.93. The van der Waals surface area contributed by atoms with Gasteiger partial charge in [-0.25, -0.2) is 18.9 Å². The summed E-state index contributed by atoms with van der Waals surface area (Å²) in [5.41, 5.74) is 7.96. The molecule has 1 aromatic heterocycles. The van der Waals surface area contributed by atoms with Gasteiger partial charge in [-0.15, -0.1) is 11.3 Å². The first-order valence-electron chi connectivity index (χ1n) is 8.51. The van der Waals surface area contributed by atoms with Crippen LogP contribution in [0, 0.1) is 0 Å². The maximum absolute atomic E-state index is 12.8. The average molecular weight is 493 g/mol. The van der Waals surface area contributed by atoms with Gasteiger partial charge in [-0.3, -0.25) is 14.1 Å². The minimum absolute atomic E-state index is 0.0406. The Balaban J connectivity index is 2.32. The van der Waals surface area contributed by atoms with Gasteiger partial charge in [0, 0.05) is 11.9 Å². The molecule has 0 spiro atoms. The molecule has 2 unspecified atom stereocenters. The first-order chi connectivity index (χ1) is 14.6. The highest BCUT2D eigenvalue weighted by molar-refractivity contribution is 7.84. The molecule has 0 aliphatic carbocycles. The third-order valence-electron chi connectivity index (χ3n) is 4.05. The Kier molecular flexibility index (Phi) is 6.90. The SMILES string of the molecule is CC(C)(O/N=C(\C(=O)NC1C(=O)N(S(=O)(=O)O)C1CNC(N)=O)c1csc(N)n1)C(=O)O. The van der Waals surface area contributed by atoms with Crippen LogP contribution in [0.4, 0.5) is 9.93 Å². The van der Waals surface area contributed by atoms with Gasteiger partial charge < -0.3 is 32.0 Å². The van der Waals surface area contributed by atoms with E-state index >= 15 is 0 Å². The number of hydrogen-bond acceptors (Lipinski definition) is 11. The topological polar surface area (TPSA) is 257 Å². The maximum Gasteiger partial charge on any atom is 0.362 e. The van der Waals surface area contributed by atoms with Crippen molar-refractivity contribution < 1.29 is 42.1 Å². The van der Waals surface area contributed by atoms with Crippen LogP contribution >= 0.6 is 11.3 Å². The zero-order chi connectivity index (χ0) is 24.4. The summed E-state index contributed by atoms with van der Waals surface area (Å²) < 4.78 is 32.1. The predicted molar refractivity (Wildman–Crippen MR) is 108 cm³/mol. The van der Waals surface area contributed by atoms with E-state index < -0.39 is 64.1 Å². The number of thiazole rings is 1. The molecule has 1 aromatic rings. The van der Waals surface area contributed by atoms with E-state index in [0.29, 0.717) is 0 Å². The Hall–Kier alpha value is -3.51. The highest BCUT2D eigenvalue weighted by Gasteiger charge is 2.54. The van der Waals surface area contributed by atoms with E-state index in [1.165, 1.54) is 5.38 Å². The fourth-order valence-electron chi connectivity index (χ4n) is 2.38. The van der Waals surface area contributed by atoms with Crippen molar-refractivity contribution in [2.75, 3.05) is 12.3 Å². The third-order valence-corrected chi connectivity index (χ3v) is 5.67. The lowest BCUT2D eigenvalue weighted by molar-refractivity contribution is -0.161. The van der Waals surface area contributed by atoms with Crippen molar-refractivity contribution in [2.24, 2.45) is 10.9 Å². The van der Waals surface area contributed by atoms with Crippen molar-refractivity contribution in [1.82, 2.24) is 19.9 Å². The Labute approximate surface area is 184 Å². The number of oxime groups is 1. The number of β-lactam (4-membered cyclic amide) rings is 1. The van der Waals surface area contributed by atoms with E-state index in [1.54, 1.807) is 0 Å². The summed E-state index contributed by atoms with van der Waals surface area (Å²) in [7, 11) is -5.00. The lowest BCUT2D eigenvalue weighted by Crippen LogP contribution is -2.74. The van der Waals surface area contributed by atoms with Crippen molar-refractivity contribution in [3.8, 4) is 0 Å². The molecule has 32 heavy (non-hydrogen) atoms. The summed E-state index contributed by atoms with van der Waals surface area (Å²) in [6, 6.07) is -3.98. The van der Waals surface area contributed by atoms with Crippen molar-refractivity contribution in [3.05, 3.63) is 11.1 Å². The molecule has 16 nitrogen and oxygen atoms in total. The van der Waals surface area contributed by atoms with Gasteiger partial charge in [0.15, 0.2) is 10.8 Å². The lowest BCUT2D eigenvalue weighted by Gasteiger charge is -2.44. The number of urea groups is 1. The number of anilines is 1. The lowest BCUT2D eigenvalue weighted by atomic mass is 9.98. The number of carboxylic acid groups (broad SMARTS) is 1. The molecule has 1 aliphatic heterocycles. The first-order valence-corrected chi connectivity index (χ1v) is 10.8. The fraction of sp³-hybridized carbons (Fsp3) is 0.429. The Morgan fingerprint density at radius 3 is 2.50 bits per heavy atom. The molecule has 4 amide bonds. The van der Waals surface area contributed by atoms with Crippen LogP contribution in [0.1, 0.15) is 19.5 Å². The number of amides is 4. The molecule has 2 rings (SSSR count). The molecule has 8 N–H and O–H groups in total. The number of rotatable bonds is 9. The van der Waals surface area contributed by atoms with Crippen molar-refractivity contribution in [2.45, 2.75) is 31.5 Å². The standard InChI is InChI=1S/C14H19N7O9S2/c1-14(2,11(24)25)30-20-7(5-4-31-13(16)18-5)9(22)19-8-6(3-17-12(15)26)21(10(8)23)32(27,28)29/h4,6,8H,3H2,1-2H3,(H2,16,18)(H,19,22)(H,24,25)(H3,15,17,26)(H,27,28,29)/b20-7-. The van der Waals surface area contributed by atoms with Crippen LogP contribution in [0.5, 0.6) is 0 Å². The monoisotopic (exact) mass is 493 g/mol. The molecule has 1 saturated heterocycles. The van der Waals surface area contributed by atoms with Crippen LogP contribution in [0.15, 0.2) is 10.5 Å². The second-order valence-electron chi connectivity index (χ2n) is 6.79. The fourth-order valence-corrected chi connectivity index (χ4v) is 3.80. The third kappa shape index (κ3) is 5.39. The number of primary amides is 1. The van der Waals surface area contributed by atoms with Gasteiger partial charge in [-0.05, 0) is 13.8 Å². The number of nitrogen functional groups attached to an aromatic ring is 1. The number of carboxylic acids is 1. The van der Waals surface area contributed by atoms with Crippen LogP contribution in [-0.4, -0.2) is 81.1 Å². The normalized spacial score (nSPS) is 19.2. The summed E-state index contributed by atoms with van der Waals surface area (Å²) >= 11 is 0.930. The zero-order valence-electron chi connectivity index (χ0n) is 16.5. The summed E-state index contributed by atoms with van der Waals surface area (Å²) in [4.78, 5) is 55.9. The number of nitrogens with one attached hydrogen (secondary N) is 2. The largest absolute Gasteiger partial charge is 0.478 e. The molecule has 0 aromatic carbocycles. The van der Waals surface area contributed by atoms with Crippen molar-refractivity contribution in [1.29, 1.82) is 0 Å². The second-order valence-corrected chi connectivity index (χ2v) is 8.97. The van der Waals surface area contributed by atoms with Crippen LogP contribution in [0.25, 0.3) is 0 Å². The van der Waals surface area contributed by atoms with E-state index in [1.807, 2.05) is 0 Å². The highest BCUT2D eigenvalue weighted by atomic mass is 32.2. The van der Waals surface area contributed by atoms with Crippen LogP contribution in [0.2, 0.25) is 0 Å². The Bertz CT molecular complexity index is 1080. The average Bonchev–Trinajstić information content (AvgIpc) is 3.07. The number of nitrogens with two attached hydrogens (primary N) is 2. The Morgan fingerprint density at radius 2 is 2.03 bits per heavy atom. The van der Waals surface area contributed by atoms with Gasteiger partial charge in [-0.1, -0.05) is 5.16 Å². The van der Waals surface area contributed by atoms with E-state index in [-0.39, 0.29) is 15.1 Å². The van der Waals surface area contributed by atoms with Gasteiger partial charge in [0.25, 0.3) is 11.8 Å². The van der Waals surface area contributed by atoms with Crippen LogP contribution < -0.4 is 22.1 Å². The minimum atomic E-state index is -5.00. The smallest absolute Gasteiger partial charge is 0.362 e. The van der Waals surface area contributed by atoms with Gasteiger partial charge in [0.1, 0.15) is 11.7 Å². The van der Waals surface area contributed by atoms with Crippen LogP contribution in [0.3, 0.4) is 0 Å². The van der Waals surface area contributed by atoms with E-state index in [0.717, 1.165) is 25.2 Å². The van der Waals surface area contributed by atoms with Gasteiger partial charge in [-0.2, -0.15) is 8.42 Å². The molecule has 1 aliphatic rings. The Morgan fingerprint density at radius 1 is 1.41 bits per heavy atom. The predicted octanol–water partition coefficient (Wildman–Crippen LogP) is -2.52. The summed E-state index contributed by atoms with van der Waals surface area (Å²) in [6.07, 6.45) is 0. The number of nitrogens with zero attached hydrogens (tertiary/aromatic N) is 3. The summed E-state index contributed by atoms with van der Waals surface area (Å²) in [6.45, 7) is 1.80. The maximum atomic E-state index is 12.8. The molecular weight excluding hydrogens is 474 g/mol. The molecule has 18 heteroatoms. The van der Waals surface area contributed by atoms with Gasteiger partial charge >= 0.3 is 22.3 Å². The molecule has 0 saturated carbocycles. The first kappa shape index (κ1) is 24.8. The molecule has 0 radical (unpaired) electrons. The van der Waals surface area contributed by atoms with E-state index in [2.05, 4.69) is 20.8 Å². The van der Waals surface area contributed by atoms with Crippen LogP contribution in [-0.2, 0) is 29.5 Å². The minimum Gasteiger partial charge on any atom is -0.478 e. The summed E-state index contributed by atoms with van der Waals surface area (Å²) in [5, 5.41) is 18.3. The van der Waals surface area contributed by atoms with Crippen molar-refractivity contribution >= 4 is 56.3 Å². The van der Waals surface area contributed by atoms with E-state index in [9.17, 15) is 32.1 Å². The zero-order valence-corrected chi connectivity index (χ0v) is 18.1. The molecule has 176 valence electrons. The van der Waals surface area contributed by atoms with Gasteiger partial charge in [0.05, 0.1) is 6.04 Å². The quantitative estimate of drug-likeness (QED) is 0.0904.